The van der Waals surface area contributed by atoms with Crippen LogP contribution < -0.4 is 11.1 Å². The quantitative estimate of drug-likeness (QED) is 0.567. The summed E-state index contributed by atoms with van der Waals surface area (Å²) in [5, 5.41) is 10.9. The second kappa shape index (κ2) is 8.91. The van der Waals surface area contributed by atoms with Gasteiger partial charge in [-0.05, 0) is 5.56 Å². The summed E-state index contributed by atoms with van der Waals surface area (Å²) < 4.78 is 0.723. The van der Waals surface area contributed by atoms with E-state index in [4.69, 9.17) is 5.73 Å². The molecule has 0 spiro atoms. The van der Waals surface area contributed by atoms with Gasteiger partial charge in [0.2, 0.25) is 11.0 Å². The first-order valence-corrected chi connectivity index (χ1v) is 9.30. The van der Waals surface area contributed by atoms with Gasteiger partial charge in [-0.25, -0.2) is 0 Å². The molecule has 21 heavy (non-hydrogen) atoms. The molecule has 0 saturated carbocycles. The molecule has 1 heterocycles. The summed E-state index contributed by atoms with van der Waals surface area (Å²) in [6.45, 7) is 0.676. The van der Waals surface area contributed by atoms with Gasteiger partial charge in [0.15, 0.2) is 4.34 Å². The van der Waals surface area contributed by atoms with Crippen molar-refractivity contribution >= 4 is 45.9 Å². The lowest BCUT2D eigenvalue weighted by molar-refractivity contribution is -0.118. The Morgan fingerprint density at radius 3 is 2.81 bits per heavy atom. The normalized spacial score (nSPS) is 10.5. The molecule has 0 bridgehead atoms. The maximum Gasteiger partial charge on any atom is 0.230 e. The van der Waals surface area contributed by atoms with Crippen LogP contribution in [0.1, 0.15) is 5.56 Å². The number of carbonyl (C=O) groups excluding carboxylic acids is 1. The molecular formula is C13H16N4OS3. The van der Waals surface area contributed by atoms with E-state index in [1.165, 1.54) is 28.7 Å². The van der Waals surface area contributed by atoms with Crippen LogP contribution in [0, 0.1) is 0 Å². The van der Waals surface area contributed by atoms with E-state index < -0.39 is 0 Å². The molecule has 0 aliphatic carbocycles. The first kappa shape index (κ1) is 16.1. The Balaban J connectivity index is 1.53. The van der Waals surface area contributed by atoms with Crippen LogP contribution in [0.3, 0.4) is 0 Å². The molecule has 3 N–H and O–H groups in total. The lowest BCUT2D eigenvalue weighted by atomic mass is 10.2. The smallest absolute Gasteiger partial charge is 0.230 e. The van der Waals surface area contributed by atoms with Crippen LogP contribution >= 0.6 is 34.9 Å². The van der Waals surface area contributed by atoms with E-state index in [1.54, 1.807) is 0 Å². The van der Waals surface area contributed by atoms with Gasteiger partial charge in [-0.3, -0.25) is 4.79 Å². The Morgan fingerprint density at radius 1 is 1.29 bits per heavy atom. The van der Waals surface area contributed by atoms with Gasteiger partial charge in [-0.1, -0.05) is 53.4 Å². The molecule has 1 aromatic carbocycles. The summed E-state index contributed by atoms with van der Waals surface area (Å²) in [5.41, 5.74) is 6.78. The Bertz CT molecular complexity index is 562. The van der Waals surface area contributed by atoms with Crippen molar-refractivity contribution in [2.24, 2.45) is 0 Å². The molecular weight excluding hydrogens is 324 g/mol. The average Bonchev–Trinajstić information content (AvgIpc) is 2.91. The fourth-order valence-electron chi connectivity index (χ4n) is 1.48. The monoisotopic (exact) mass is 340 g/mol. The van der Waals surface area contributed by atoms with E-state index in [9.17, 15) is 4.79 Å². The minimum Gasteiger partial charge on any atom is -0.374 e. The molecule has 0 radical (unpaired) electrons. The number of benzene rings is 1. The summed E-state index contributed by atoms with van der Waals surface area (Å²) in [6, 6.07) is 10.3. The number of nitrogens with two attached hydrogens (primary N) is 1. The van der Waals surface area contributed by atoms with Crippen LogP contribution in [-0.2, 0) is 10.5 Å². The first-order valence-electron chi connectivity index (χ1n) is 6.34. The summed E-state index contributed by atoms with van der Waals surface area (Å²) in [4.78, 5) is 11.6. The zero-order valence-electron chi connectivity index (χ0n) is 11.3. The van der Waals surface area contributed by atoms with E-state index >= 15 is 0 Å². The summed E-state index contributed by atoms with van der Waals surface area (Å²) in [7, 11) is 0. The number of amides is 1. The Hall–Kier alpha value is -1.25. The Labute approximate surface area is 136 Å². The fourth-order valence-corrected chi connectivity index (χ4v) is 3.77. The van der Waals surface area contributed by atoms with Gasteiger partial charge in [-0.15, -0.1) is 10.2 Å². The van der Waals surface area contributed by atoms with E-state index in [2.05, 4.69) is 27.6 Å². The lowest BCUT2D eigenvalue weighted by Crippen LogP contribution is -2.27. The van der Waals surface area contributed by atoms with Gasteiger partial charge < -0.3 is 11.1 Å². The van der Waals surface area contributed by atoms with Crippen molar-refractivity contribution in [3.63, 3.8) is 0 Å². The molecule has 2 aromatic rings. The third-order valence-electron chi connectivity index (χ3n) is 2.43. The number of carbonyl (C=O) groups is 1. The molecule has 0 fully saturated rings. The number of anilines is 1. The molecule has 5 nitrogen and oxygen atoms in total. The van der Waals surface area contributed by atoms with Gasteiger partial charge in [0.1, 0.15) is 0 Å². The Morgan fingerprint density at radius 2 is 2.10 bits per heavy atom. The predicted molar refractivity (Wildman–Crippen MR) is 90.7 cm³/mol. The van der Waals surface area contributed by atoms with Crippen LogP contribution in [0.15, 0.2) is 34.7 Å². The molecule has 0 aliphatic heterocycles. The molecule has 112 valence electrons. The number of thioether (sulfide) groups is 2. The van der Waals surface area contributed by atoms with E-state index in [0.717, 1.165) is 15.8 Å². The largest absolute Gasteiger partial charge is 0.374 e. The molecule has 1 aromatic heterocycles. The number of hydrogen-bond donors (Lipinski definition) is 2. The van der Waals surface area contributed by atoms with E-state index in [-0.39, 0.29) is 5.91 Å². The standard InChI is InChI=1S/C13H16N4OS3/c14-12-16-17-13(21-12)20-9-11(18)15-6-7-19-8-10-4-2-1-3-5-10/h1-5H,6-9H2,(H2,14,16)(H,15,18). The third kappa shape index (κ3) is 6.36. The number of nitrogen functional groups attached to an aromatic ring is 1. The van der Waals surface area contributed by atoms with Crippen LogP contribution in [0.25, 0.3) is 0 Å². The first-order chi connectivity index (χ1) is 10.2. The molecule has 1 amide bonds. The summed E-state index contributed by atoms with van der Waals surface area (Å²) >= 11 is 4.46. The highest BCUT2D eigenvalue weighted by Crippen LogP contribution is 2.22. The van der Waals surface area contributed by atoms with Gasteiger partial charge in [0, 0.05) is 18.1 Å². The van der Waals surface area contributed by atoms with Crippen molar-refractivity contribution < 1.29 is 4.79 Å². The SMILES string of the molecule is Nc1nnc(SCC(=O)NCCSCc2ccccc2)s1. The Kier molecular flexibility index (Phi) is 6.84. The second-order valence-corrected chi connectivity index (χ2v) is 7.42. The fraction of sp³-hybridized carbons (Fsp3) is 0.308. The van der Waals surface area contributed by atoms with Gasteiger partial charge in [0.05, 0.1) is 5.75 Å². The maximum atomic E-state index is 11.6. The molecule has 0 saturated heterocycles. The molecule has 0 atom stereocenters. The number of nitrogens with one attached hydrogen (secondary N) is 1. The molecule has 0 aliphatic rings. The van der Waals surface area contributed by atoms with Gasteiger partial charge >= 0.3 is 0 Å². The zero-order valence-corrected chi connectivity index (χ0v) is 13.8. The van der Waals surface area contributed by atoms with Crippen LogP contribution in [-0.4, -0.2) is 34.2 Å². The molecule has 8 heteroatoms. The maximum absolute atomic E-state index is 11.6. The topological polar surface area (TPSA) is 80.9 Å². The summed E-state index contributed by atoms with van der Waals surface area (Å²) in [6.07, 6.45) is 0. The van der Waals surface area contributed by atoms with Crippen molar-refractivity contribution in [1.29, 1.82) is 0 Å². The summed E-state index contributed by atoms with van der Waals surface area (Å²) in [5.74, 6) is 2.22. The number of hydrogen-bond acceptors (Lipinski definition) is 7. The van der Waals surface area contributed by atoms with E-state index in [1.807, 2.05) is 30.0 Å². The van der Waals surface area contributed by atoms with Crippen LogP contribution in [0.5, 0.6) is 0 Å². The number of rotatable bonds is 8. The second-order valence-electron chi connectivity index (χ2n) is 4.08. The van der Waals surface area contributed by atoms with Crippen molar-refractivity contribution in [2.75, 3.05) is 23.8 Å². The predicted octanol–water partition coefficient (Wildman–Crippen LogP) is 2.26. The highest BCUT2D eigenvalue weighted by molar-refractivity contribution is 8.01. The van der Waals surface area contributed by atoms with Crippen LogP contribution in [0.4, 0.5) is 5.13 Å². The highest BCUT2D eigenvalue weighted by atomic mass is 32.2. The average molecular weight is 340 g/mol. The number of aromatic nitrogens is 2. The molecule has 2 rings (SSSR count). The van der Waals surface area contributed by atoms with Gasteiger partial charge in [-0.2, -0.15) is 11.8 Å². The minimum absolute atomic E-state index is 0.00841. The van der Waals surface area contributed by atoms with Crippen LogP contribution in [0.2, 0.25) is 0 Å². The zero-order chi connectivity index (χ0) is 14.9. The van der Waals surface area contributed by atoms with Gasteiger partial charge in [0.25, 0.3) is 0 Å². The van der Waals surface area contributed by atoms with Crippen molar-refractivity contribution in [3.05, 3.63) is 35.9 Å². The number of nitrogens with zero attached hydrogens (tertiary/aromatic N) is 2. The molecule has 0 unspecified atom stereocenters. The highest BCUT2D eigenvalue weighted by Gasteiger charge is 2.06. The van der Waals surface area contributed by atoms with Crippen molar-refractivity contribution in [2.45, 2.75) is 10.1 Å². The minimum atomic E-state index is 0.00841. The lowest BCUT2D eigenvalue weighted by Gasteiger charge is -2.04. The van der Waals surface area contributed by atoms with Crippen molar-refractivity contribution in [3.8, 4) is 0 Å². The van der Waals surface area contributed by atoms with Crippen molar-refractivity contribution in [1.82, 2.24) is 15.5 Å². The third-order valence-corrected chi connectivity index (χ3v) is 5.34. The van der Waals surface area contributed by atoms with E-state index in [0.29, 0.717) is 17.4 Å².